The Bertz CT molecular complexity index is 182. The summed E-state index contributed by atoms with van der Waals surface area (Å²) in [4.78, 5) is 11.8. The smallest absolute Gasteiger partial charge is 0.141 e. The second-order valence-corrected chi connectivity index (χ2v) is 6.14. The van der Waals surface area contributed by atoms with Crippen molar-refractivity contribution in [2.24, 2.45) is 16.7 Å². The summed E-state index contributed by atoms with van der Waals surface area (Å²) in [6, 6.07) is 0. The van der Waals surface area contributed by atoms with Crippen molar-refractivity contribution in [1.82, 2.24) is 0 Å². The molecule has 1 nitrogen and oxygen atoms in total. The van der Waals surface area contributed by atoms with Crippen molar-refractivity contribution in [1.29, 1.82) is 0 Å². The van der Waals surface area contributed by atoms with Crippen LogP contribution in [0, 0.1) is 16.7 Å². The van der Waals surface area contributed by atoms with Gasteiger partial charge in [-0.05, 0) is 11.8 Å². The normalized spacial score (nSPS) is 13.5. The van der Waals surface area contributed by atoms with Crippen LogP contribution in [-0.2, 0) is 4.79 Å². The lowest BCUT2D eigenvalue weighted by atomic mass is 9.71. The summed E-state index contributed by atoms with van der Waals surface area (Å²) >= 11 is 0. The van der Waals surface area contributed by atoms with Gasteiger partial charge >= 0.3 is 0 Å². The first-order chi connectivity index (χ1) is 5.56. The van der Waals surface area contributed by atoms with Crippen molar-refractivity contribution in [3.63, 3.8) is 0 Å². The molecule has 0 aliphatic heterocycles. The Balaban J connectivity index is 4.49. The van der Waals surface area contributed by atoms with Crippen LogP contribution in [0.3, 0.4) is 0 Å². The minimum absolute atomic E-state index is 0.150. The van der Waals surface area contributed by atoms with Crippen LogP contribution >= 0.6 is 0 Å². The summed E-state index contributed by atoms with van der Waals surface area (Å²) in [5.74, 6) is 0.528. The first-order valence-corrected chi connectivity index (χ1v) is 5.10. The molecule has 0 aromatic carbocycles. The maximum Gasteiger partial charge on any atom is 0.141 e. The number of ketones is 1. The second-order valence-electron chi connectivity index (χ2n) is 6.14. The molecule has 0 radical (unpaired) electrons. The second kappa shape index (κ2) is 3.81. The van der Waals surface area contributed by atoms with Crippen LogP contribution < -0.4 is 0 Å². The Kier molecular flexibility index (Phi) is 3.71. The molecule has 0 amide bonds. The summed E-state index contributed by atoms with van der Waals surface area (Å²) in [5.41, 5.74) is 0.0560. The molecule has 0 saturated heterocycles. The highest BCUT2D eigenvalue weighted by molar-refractivity contribution is 5.85. The molecule has 0 rings (SSSR count). The lowest BCUT2D eigenvalue weighted by molar-refractivity contribution is -0.131. The van der Waals surface area contributed by atoms with Gasteiger partial charge in [0.2, 0.25) is 0 Å². The van der Waals surface area contributed by atoms with Crippen LogP contribution in [0.4, 0.5) is 0 Å². The number of rotatable bonds is 3. The molecule has 0 N–H and O–H groups in total. The third kappa shape index (κ3) is 4.44. The van der Waals surface area contributed by atoms with Crippen molar-refractivity contribution in [3.05, 3.63) is 0 Å². The summed E-state index contributed by atoms with van der Waals surface area (Å²) in [7, 11) is 0. The van der Waals surface area contributed by atoms with Crippen LogP contribution in [0.5, 0.6) is 0 Å². The molecule has 0 heterocycles. The highest BCUT2D eigenvalue weighted by Gasteiger charge is 2.33. The van der Waals surface area contributed by atoms with E-state index in [9.17, 15) is 4.79 Å². The molecule has 0 atom stereocenters. The summed E-state index contributed by atoms with van der Waals surface area (Å²) in [5, 5.41) is 0. The van der Waals surface area contributed by atoms with Gasteiger partial charge in [-0.1, -0.05) is 48.5 Å². The number of carbonyl (C=O) groups is 1. The fourth-order valence-electron chi connectivity index (χ4n) is 2.19. The van der Waals surface area contributed by atoms with Gasteiger partial charge in [0.05, 0.1) is 0 Å². The Hall–Kier alpha value is -0.330. The minimum Gasteiger partial charge on any atom is -0.299 e. The summed E-state index contributed by atoms with van der Waals surface area (Å²) in [6.45, 7) is 14.6. The van der Waals surface area contributed by atoms with Crippen LogP contribution in [0.25, 0.3) is 0 Å². The number of Topliss-reactive ketones (excluding diaryl/α,β-unsaturated/α-hetero) is 1. The molecule has 13 heavy (non-hydrogen) atoms. The highest BCUT2D eigenvalue weighted by Crippen LogP contribution is 2.35. The molecular formula is C12H24O. The van der Waals surface area contributed by atoms with Gasteiger partial charge in [-0.25, -0.2) is 0 Å². The zero-order chi connectivity index (χ0) is 10.9. The van der Waals surface area contributed by atoms with Gasteiger partial charge in [-0.2, -0.15) is 0 Å². The zero-order valence-corrected chi connectivity index (χ0v) is 10.2. The SMILES string of the molecule is CC(C)C(=O)C(C)(C)CC(C)(C)C. The molecule has 78 valence electrons. The van der Waals surface area contributed by atoms with Crippen molar-refractivity contribution in [2.45, 2.75) is 54.9 Å². The van der Waals surface area contributed by atoms with E-state index >= 15 is 0 Å². The van der Waals surface area contributed by atoms with Gasteiger partial charge in [0.15, 0.2) is 0 Å². The molecule has 0 spiro atoms. The first-order valence-electron chi connectivity index (χ1n) is 5.10. The Morgan fingerprint density at radius 1 is 1.08 bits per heavy atom. The highest BCUT2D eigenvalue weighted by atomic mass is 16.1. The van der Waals surface area contributed by atoms with Crippen LogP contribution in [0.15, 0.2) is 0 Å². The van der Waals surface area contributed by atoms with E-state index in [1.54, 1.807) is 0 Å². The summed E-state index contributed by atoms with van der Waals surface area (Å²) < 4.78 is 0. The lowest BCUT2D eigenvalue weighted by Crippen LogP contribution is -2.32. The van der Waals surface area contributed by atoms with Crippen LogP contribution in [-0.4, -0.2) is 5.78 Å². The fourth-order valence-corrected chi connectivity index (χ4v) is 2.19. The third-order valence-corrected chi connectivity index (χ3v) is 2.16. The van der Waals surface area contributed by atoms with Crippen LogP contribution in [0.1, 0.15) is 54.9 Å². The van der Waals surface area contributed by atoms with Crippen LogP contribution in [0.2, 0.25) is 0 Å². The molecule has 0 aromatic rings. The molecule has 0 unspecified atom stereocenters. The molecule has 0 aliphatic carbocycles. The largest absolute Gasteiger partial charge is 0.299 e. The predicted octanol–water partition coefficient (Wildman–Crippen LogP) is 3.67. The third-order valence-electron chi connectivity index (χ3n) is 2.16. The molecule has 0 aromatic heterocycles. The average Bonchev–Trinajstić information content (AvgIpc) is 1.80. The topological polar surface area (TPSA) is 17.1 Å². The van der Waals surface area contributed by atoms with Gasteiger partial charge < -0.3 is 0 Å². The van der Waals surface area contributed by atoms with Crippen molar-refractivity contribution in [3.8, 4) is 0 Å². The number of hydrogen-bond acceptors (Lipinski definition) is 1. The van der Waals surface area contributed by atoms with Gasteiger partial charge in [-0.15, -0.1) is 0 Å². The van der Waals surface area contributed by atoms with Crippen molar-refractivity contribution >= 4 is 5.78 Å². The first kappa shape index (κ1) is 12.7. The molecule has 0 aliphatic rings. The van der Waals surface area contributed by atoms with E-state index in [0.29, 0.717) is 5.78 Å². The molecular weight excluding hydrogens is 160 g/mol. The molecule has 1 heteroatoms. The fraction of sp³-hybridized carbons (Fsp3) is 0.917. The minimum atomic E-state index is -0.174. The van der Waals surface area contributed by atoms with Gasteiger partial charge in [0.1, 0.15) is 5.78 Å². The van der Waals surface area contributed by atoms with E-state index in [-0.39, 0.29) is 16.7 Å². The molecule has 0 bridgehead atoms. The van der Waals surface area contributed by atoms with E-state index in [1.165, 1.54) is 0 Å². The van der Waals surface area contributed by atoms with Gasteiger partial charge in [-0.3, -0.25) is 4.79 Å². The van der Waals surface area contributed by atoms with Crippen molar-refractivity contribution in [2.75, 3.05) is 0 Å². The van der Waals surface area contributed by atoms with E-state index in [4.69, 9.17) is 0 Å². The number of hydrogen-bond donors (Lipinski definition) is 0. The molecule has 0 saturated carbocycles. The number of carbonyl (C=O) groups excluding carboxylic acids is 1. The maximum absolute atomic E-state index is 11.8. The van der Waals surface area contributed by atoms with E-state index < -0.39 is 0 Å². The standard InChI is InChI=1S/C12H24O/c1-9(2)10(13)12(6,7)8-11(3,4)5/h9H,8H2,1-7H3. The van der Waals surface area contributed by atoms with Crippen molar-refractivity contribution < 1.29 is 4.79 Å². The quantitative estimate of drug-likeness (QED) is 0.654. The van der Waals surface area contributed by atoms with E-state index in [0.717, 1.165) is 6.42 Å². The Labute approximate surface area is 82.9 Å². The lowest BCUT2D eigenvalue weighted by Gasteiger charge is -2.32. The Morgan fingerprint density at radius 3 is 1.69 bits per heavy atom. The Morgan fingerprint density at radius 2 is 1.46 bits per heavy atom. The summed E-state index contributed by atoms with van der Waals surface area (Å²) in [6.07, 6.45) is 0.955. The monoisotopic (exact) mass is 184 g/mol. The average molecular weight is 184 g/mol. The van der Waals surface area contributed by atoms with E-state index in [1.807, 2.05) is 13.8 Å². The molecule has 0 fully saturated rings. The maximum atomic E-state index is 11.8. The predicted molar refractivity (Wildman–Crippen MR) is 57.7 cm³/mol. The van der Waals surface area contributed by atoms with E-state index in [2.05, 4.69) is 34.6 Å². The zero-order valence-electron chi connectivity index (χ0n) is 10.2. The van der Waals surface area contributed by atoms with Gasteiger partial charge in [0.25, 0.3) is 0 Å². The van der Waals surface area contributed by atoms with Gasteiger partial charge in [0, 0.05) is 11.3 Å².